The molecule has 0 aromatic carbocycles. The van der Waals surface area contributed by atoms with Crippen molar-refractivity contribution in [2.24, 2.45) is 22.8 Å². The zero-order valence-corrected chi connectivity index (χ0v) is 8.65. The topological polar surface area (TPSA) is 92.5 Å². The number of nitrogens with two attached hydrogens (primary N) is 2. The van der Waals surface area contributed by atoms with E-state index in [1.165, 1.54) is 0 Å². The van der Waals surface area contributed by atoms with Crippen molar-refractivity contribution in [1.29, 1.82) is 0 Å². The third kappa shape index (κ3) is 2.25. The molecule has 0 bridgehead atoms. The summed E-state index contributed by atoms with van der Waals surface area (Å²) < 4.78 is 0. The lowest BCUT2D eigenvalue weighted by Crippen LogP contribution is -2.49. The first-order valence-electron chi connectivity index (χ1n) is 5.36. The lowest BCUT2D eigenvalue weighted by molar-refractivity contribution is 0.0222. The molecule has 1 rings (SSSR count). The molecular formula is C10H22N2O2. The van der Waals surface area contributed by atoms with Crippen LogP contribution in [0.4, 0.5) is 0 Å². The van der Waals surface area contributed by atoms with Crippen molar-refractivity contribution in [3.8, 4) is 0 Å². The smallest absolute Gasteiger partial charge is 0.0588 e. The van der Waals surface area contributed by atoms with Gasteiger partial charge >= 0.3 is 0 Å². The third-order valence-electron chi connectivity index (χ3n) is 3.73. The second-order valence-corrected chi connectivity index (χ2v) is 4.49. The van der Waals surface area contributed by atoms with Gasteiger partial charge in [0.1, 0.15) is 0 Å². The van der Waals surface area contributed by atoms with Crippen molar-refractivity contribution in [2.75, 3.05) is 19.8 Å². The summed E-state index contributed by atoms with van der Waals surface area (Å²) in [6.07, 6.45) is 3.80. The summed E-state index contributed by atoms with van der Waals surface area (Å²) in [5, 5.41) is 18.4. The summed E-state index contributed by atoms with van der Waals surface area (Å²) in [7, 11) is 0. The van der Waals surface area contributed by atoms with Gasteiger partial charge in [0.15, 0.2) is 0 Å². The summed E-state index contributed by atoms with van der Waals surface area (Å²) in [4.78, 5) is 0. The normalized spacial score (nSPS) is 35.6. The Bertz CT molecular complexity index is 168. The molecule has 4 heteroatoms. The number of hydrogen-bond acceptors (Lipinski definition) is 4. The number of aliphatic hydroxyl groups excluding tert-OH is 2. The van der Waals surface area contributed by atoms with Crippen LogP contribution in [0.5, 0.6) is 0 Å². The van der Waals surface area contributed by atoms with Crippen molar-refractivity contribution in [3.05, 3.63) is 0 Å². The Labute approximate surface area is 85.3 Å². The largest absolute Gasteiger partial charge is 0.396 e. The zero-order valence-electron chi connectivity index (χ0n) is 8.65. The van der Waals surface area contributed by atoms with Crippen LogP contribution in [0.15, 0.2) is 0 Å². The minimum Gasteiger partial charge on any atom is -0.396 e. The van der Waals surface area contributed by atoms with Crippen LogP contribution < -0.4 is 11.5 Å². The molecule has 4 nitrogen and oxygen atoms in total. The Kier molecular flexibility index (Phi) is 4.31. The van der Waals surface area contributed by atoms with E-state index in [1.54, 1.807) is 0 Å². The Morgan fingerprint density at radius 1 is 1.29 bits per heavy atom. The van der Waals surface area contributed by atoms with Gasteiger partial charge in [-0.25, -0.2) is 0 Å². The van der Waals surface area contributed by atoms with Crippen LogP contribution in [0.1, 0.15) is 25.7 Å². The molecule has 0 amide bonds. The van der Waals surface area contributed by atoms with Crippen LogP contribution in [0.25, 0.3) is 0 Å². The van der Waals surface area contributed by atoms with Crippen LogP contribution >= 0.6 is 0 Å². The minimum absolute atomic E-state index is 0.0478. The molecule has 0 spiro atoms. The third-order valence-corrected chi connectivity index (χ3v) is 3.73. The van der Waals surface area contributed by atoms with E-state index in [0.29, 0.717) is 5.92 Å². The fourth-order valence-electron chi connectivity index (χ4n) is 2.33. The van der Waals surface area contributed by atoms with E-state index >= 15 is 0 Å². The molecular weight excluding hydrogens is 180 g/mol. The SMILES string of the molecule is NCC1CCC(CO)(C(N)CO)CC1. The van der Waals surface area contributed by atoms with Gasteiger partial charge in [-0.3, -0.25) is 0 Å². The van der Waals surface area contributed by atoms with Gasteiger partial charge in [0.25, 0.3) is 0 Å². The van der Waals surface area contributed by atoms with E-state index in [9.17, 15) is 5.11 Å². The maximum atomic E-state index is 9.38. The predicted octanol–water partition coefficient (Wildman–Crippen LogP) is -0.566. The van der Waals surface area contributed by atoms with Crippen molar-refractivity contribution >= 4 is 0 Å². The first-order valence-corrected chi connectivity index (χ1v) is 5.36. The summed E-state index contributed by atoms with van der Waals surface area (Å²) in [5.74, 6) is 0.570. The standard InChI is InChI=1S/C10H22N2O2/c11-5-8-1-3-10(7-14,4-2-8)9(12)6-13/h8-9,13-14H,1-7,11-12H2. The monoisotopic (exact) mass is 202 g/mol. The van der Waals surface area contributed by atoms with Crippen molar-refractivity contribution < 1.29 is 10.2 Å². The molecule has 0 radical (unpaired) electrons. The maximum Gasteiger partial charge on any atom is 0.0588 e. The second-order valence-electron chi connectivity index (χ2n) is 4.49. The van der Waals surface area contributed by atoms with Gasteiger partial charge in [0.05, 0.1) is 13.2 Å². The average molecular weight is 202 g/mol. The van der Waals surface area contributed by atoms with Gasteiger partial charge in [0, 0.05) is 11.5 Å². The van der Waals surface area contributed by atoms with Crippen molar-refractivity contribution in [3.63, 3.8) is 0 Å². The molecule has 0 aromatic rings. The lowest BCUT2D eigenvalue weighted by atomic mass is 9.67. The quantitative estimate of drug-likeness (QED) is 0.491. The van der Waals surface area contributed by atoms with Gasteiger partial charge in [0.2, 0.25) is 0 Å². The van der Waals surface area contributed by atoms with E-state index < -0.39 is 0 Å². The van der Waals surface area contributed by atoms with Crippen LogP contribution in [0.2, 0.25) is 0 Å². The molecule has 0 aliphatic heterocycles. The fourth-order valence-corrected chi connectivity index (χ4v) is 2.33. The molecule has 6 N–H and O–H groups in total. The Morgan fingerprint density at radius 3 is 2.21 bits per heavy atom. The molecule has 1 saturated carbocycles. The number of aliphatic hydroxyl groups is 2. The molecule has 1 aliphatic rings. The first kappa shape index (κ1) is 11.9. The predicted molar refractivity (Wildman–Crippen MR) is 55.6 cm³/mol. The summed E-state index contributed by atoms with van der Waals surface area (Å²) in [6.45, 7) is 0.746. The molecule has 1 unspecified atom stereocenters. The highest BCUT2D eigenvalue weighted by Gasteiger charge is 2.39. The van der Waals surface area contributed by atoms with E-state index in [2.05, 4.69) is 0 Å². The second kappa shape index (κ2) is 5.07. The van der Waals surface area contributed by atoms with Crippen molar-refractivity contribution in [2.45, 2.75) is 31.7 Å². The number of rotatable bonds is 4. The molecule has 84 valence electrons. The Balaban J connectivity index is 2.56. The van der Waals surface area contributed by atoms with Gasteiger partial charge in [-0.15, -0.1) is 0 Å². The maximum absolute atomic E-state index is 9.38. The molecule has 14 heavy (non-hydrogen) atoms. The summed E-state index contributed by atoms with van der Waals surface area (Å²) in [6, 6.07) is -0.300. The van der Waals surface area contributed by atoms with Gasteiger partial charge < -0.3 is 21.7 Å². The van der Waals surface area contributed by atoms with E-state index in [0.717, 1.165) is 32.2 Å². The Hall–Kier alpha value is -0.160. The minimum atomic E-state index is -0.300. The highest BCUT2D eigenvalue weighted by Crippen LogP contribution is 2.40. The van der Waals surface area contributed by atoms with Crippen molar-refractivity contribution in [1.82, 2.24) is 0 Å². The van der Waals surface area contributed by atoms with Crippen LogP contribution in [-0.4, -0.2) is 36.0 Å². The van der Waals surface area contributed by atoms with E-state index in [4.69, 9.17) is 16.6 Å². The van der Waals surface area contributed by atoms with Gasteiger partial charge in [-0.05, 0) is 38.1 Å². The van der Waals surface area contributed by atoms with E-state index in [-0.39, 0.29) is 24.7 Å². The molecule has 0 aromatic heterocycles. The molecule has 1 atom stereocenters. The molecule has 1 aliphatic carbocycles. The first-order chi connectivity index (χ1) is 6.68. The van der Waals surface area contributed by atoms with Crippen LogP contribution in [-0.2, 0) is 0 Å². The molecule has 1 fully saturated rings. The highest BCUT2D eigenvalue weighted by molar-refractivity contribution is 4.92. The summed E-state index contributed by atoms with van der Waals surface area (Å²) >= 11 is 0. The summed E-state index contributed by atoms with van der Waals surface area (Å²) in [5.41, 5.74) is 11.2. The lowest BCUT2D eigenvalue weighted by Gasteiger charge is -2.42. The van der Waals surface area contributed by atoms with Gasteiger partial charge in [-0.2, -0.15) is 0 Å². The van der Waals surface area contributed by atoms with Gasteiger partial charge in [-0.1, -0.05) is 0 Å². The Morgan fingerprint density at radius 2 is 1.86 bits per heavy atom. The number of hydrogen-bond donors (Lipinski definition) is 4. The van der Waals surface area contributed by atoms with Crippen LogP contribution in [0.3, 0.4) is 0 Å². The highest BCUT2D eigenvalue weighted by atomic mass is 16.3. The molecule has 0 saturated heterocycles. The average Bonchev–Trinajstić information content (AvgIpc) is 2.28. The zero-order chi connectivity index (χ0) is 10.6. The molecule has 0 heterocycles. The van der Waals surface area contributed by atoms with E-state index in [1.807, 2.05) is 0 Å². The van der Waals surface area contributed by atoms with Crippen LogP contribution in [0, 0.1) is 11.3 Å². The fraction of sp³-hybridized carbons (Fsp3) is 1.00.